The standard InChI is InChI=1S/C15H21NO5/c1-4-10(2)16(8-14(17)18)7-11-5-12(19-3)15-13(6-11)20-9-21-15/h5-6,10H,4,7-9H2,1-3H3,(H,17,18). The summed E-state index contributed by atoms with van der Waals surface area (Å²) in [7, 11) is 1.57. The lowest BCUT2D eigenvalue weighted by Gasteiger charge is -2.26. The normalized spacial score (nSPS) is 14.3. The van der Waals surface area contributed by atoms with E-state index in [1.807, 2.05) is 30.9 Å². The predicted octanol–water partition coefficient (Wildman–Crippen LogP) is 2.11. The molecule has 0 saturated carbocycles. The Labute approximate surface area is 124 Å². The SMILES string of the molecule is CCC(C)N(CC(=O)O)Cc1cc(OC)c2c(c1)OCO2. The highest BCUT2D eigenvalue weighted by Gasteiger charge is 2.22. The zero-order valence-electron chi connectivity index (χ0n) is 12.6. The van der Waals surface area contributed by atoms with E-state index in [4.69, 9.17) is 19.3 Å². The molecule has 0 aliphatic carbocycles. The minimum atomic E-state index is -0.831. The van der Waals surface area contributed by atoms with Gasteiger partial charge in [-0.3, -0.25) is 9.69 Å². The van der Waals surface area contributed by atoms with E-state index in [-0.39, 0.29) is 19.4 Å². The molecule has 0 radical (unpaired) electrons. The smallest absolute Gasteiger partial charge is 0.317 e. The van der Waals surface area contributed by atoms with Crippen molar-refractivity contribution >= 4 is 5.97 Å². The van der Waals surface area contributed by atoms with E-state index in [9.17, 15) is 4.79 Å². The Bertz CT molecular complexity index is 517. The van der Waals surface area contributed by atoms with E-state index in [1.54, 1.807) is 7.11 Å². The molecular formula is C15H21NO5. The van der Waals surface area contributed by atoms with Crippen LogP contribution in [-0.4, -0.2) is 42.5 Å². The monoisotopic (exact) mass is 295 g/mol. The summed E-state index contributed by atoms with van der Waals surface area (Å²) in [5.41, 5.74) is 0.942. The first-order chi connectivity index (χ1) is 10.0. The van der Waals surface area contributed by atoms with Crippen molar-refractivity contribution in [3.63, 3.8) is 0 Å². The number of methoxy groups -OCH3 is 1. The second-order valence-corrected chi connectivity index (χ2v) is 5.09. The van der Waals surface area contributed by atoms with Gasteiger partial charge in [0.1, 0.15) is 0 Å². The first-order valence-corrected chi connectivity index (χ1v) is 6.97. The minimum Gasteiger partial charge on any atom is -0.493 e. The van der Waals surface area contributed by atoms with E-state index >= 15 is 0 Å². The second-order valence-electron chi connectivity index (χ2n) is 5.09. The molecule has 0 saturated heterocycles. The van der Waals surface area contributed by atoms with Crippen LogP contribution in [-0.2, 0) is 11.3 Å². The Morgan fingerprint density at radius 3 is 2.86 bits per heavy atom. The third kappa shape index (κ3) is 3.58. The number of rotatable bonds is 7. The Kier molecular flexibility index (Phi) is 4.90. The fourth-order valence-corrected chi connectivity index (χ4v) is 2.31. The minimum absolute atomic E-state index is 0.00572. The Hall–Kier alpha value is -1.95. The van der Waals surface area contributed by atoms with E-state index in [1.165, 1.54) is 0 Å². The zero-order valence-corrected chi connectivity index (χ0v) is 12.6. The number of aliphatic carboxylic acids is 1. The summed E-state index contributed by atoms with van der Waals surface area (Å²) in [6, 6.07) is 3.92. The van der Waals surface area contributed by atoms with Gasteiger partial charge in [0.05, 0.1) is 13.7 Å². The molecule has 6 heteroatoms. The number of hydrogen-bond donors (Lipinski definition) is 1. The lowest BCUT2D eigenvalue weighted by Crippen LogP contribution is -2.36. The van der Waals surface area contributed by atoms with Crippen molar-refractivity contribution in [1.29, 1.82) is 0 Å². The molecule has 1 aliphatic rings. The molecule has 1 aromatic rings. The topological polar surface area (TPSA) is 68.2 Å². The largest absolute Gasteiger partial charge is 0.493 e. The molecule has 1 aliphatic heterocycles. The maximum absolute atomic E-state index is 11.0. The maximum Gasteiger partial charge on any atom is 0.317 e. The second kappa shape index (κ2) is 6.67. The number of hydrogen-bond acceptors (Lipinski definition) is 5. The number of benzene rings is 1. The molecule has 1 aromatic carbocycles. The first kappa shape index (κ1) is 15.4. The highest BCUT2D eigenvalue weighted by molar-refractivity contribution is 5.69. The van der Waals surface area contributed by atoms with E-state index in [0.29, 0.717) is 23.8 Å². The van der Waals surface area contributed by atoms with Crippen LogP contribution in [0, 0.1) is 0 Å². The fourth-order valence-electron chi connectivity index (χ4n) is 2.31. The summed E-state index contributed by atoms with van der Waals surface area (Å²) in [5.74, 6) is 1.03. The molecule has 1 atom stereocenters. The van der Waals surface area contributed by atoms with Gasteiger partial charge in [-0.05, 0) is 31.0 Å². The predicted molar refractivity (Wildman–Crippen MR) is 76.9 cm³/mol. The molecule has 21 heavy (non-hydrogen) atoms. The van der Waals surface area contributed by atoms with Crippen molar-refractivity contribution in [2.24, 2.45) is 0 Å². The van der Waals surface area contributed by atoms with E-state index in [2.05, 4.69) is 0 Å². The van der Waals surface area contributed by atoms with E-state index in [0.717, 1.165) is 12.0 Å². The van der Waals surface area contributed by atoms with Gasteiger partial charge in [-0.15, -0.1) is 0 Å². The quantitative estimate of drug-likeness (QED) is 0.831. The molecule has 0 amide bonds. The lowest BCUT2D eigenvalue weighted by atomic mass is 10.1. The van der Waals surface area contributed by atoms with Gasteiger partial charge in [-0.1, -0.05) is 6.92 Å². The molecular weight excluding hydrogens is 274 g/mol. The summed E-state index contributed by atoms with van der Waals surface area (Å²) in [6.07, 6.45) is 0.884. The van der Waals surface area contributed by atoms with Crippen LogP contribution in [0.1, 0.15) is 25.8 Å². The van der Waals surface area contributed by atoms with Gasteiger partial charge in [0.25, 0.3) is 0 Å². The van der Waals surface area contributed by atoms with E-state index < -0.39 is 5.97 Å². The van der Waals surface area contributed by atoms with Crippen molar-refractivity contribution < 1.29 is 24.1 Å². The van der Waals surface area contributed by atoms with Crippen molar-refractivity contribution in [2.45, 2.75) is 32.9 Å². The Balaban J connectivity index is 2.22. The van der Waals surface area contributed by atoms with Crippen LogP contribution < -0.4 is 14.2 Å². The van der Waals surface area contributed by atoms with Crippen LogP contribution in [0.5, 0.6) is 17.2 Å². The van der Waals surface area contributed by atoms with Crippen LogP contribution in [0.4, 0.5) is 0 Å². The van der Waals surface area contributed by atoms with Crippen LogP contribution in [0.2, 0.25) is 0 Å². The highest BCUT2D eigenvalue weighted by atomic mass is 16.7. The average molecular weight is 295 g/mol. The van der Waals surface area contributed by atoms with Crippen LogP contribution in [0.25, 0.3) is 0 Å². The van der Waals surface area contributed by atoms with Crippen LogP contribution >= 0.6 is 0 Å². The molecule has 0 bridgehead atoms. The maximum atomic E-state index is 11.0. The third-order valence-electron chi connectivity index (χ3n) is 3.66. The molecule has 0 aromatic heterocycles. The summed E-state index contributed by atoms with van der Waals surface area (Å²) in [4.78, 5) is 12.9. The van der Waals surface area contributed by atoms with Gasteiger partial charge in [-0.25, -0.2) is 0 Å². The van der Waals surface area contributed by atoms with Gasteiger partial charge < -0.3 is 19.3 Å². The van der Waals surface area contributed by atoms with Gasteiger partial charge in [-0.2, -0.15) is 0 Å². The number of carboxylic acids is 1. The zero-order chi connectivity index (χ0) is 15.4. The molecule has 0 spiro atoms. The highest BCUT2D eigenvalue weighted by Crippen LogP contribution is 2.42. The number of nitrogens with zero attached hydrogens (tertiary/aromatic N) is 1. The summed E-state index contributed by atoms with van der Waals surface area (Å²) in [5, 5.41) is 9.05. The van der Waals surface area contributed by atoms with Gasteiger partial charge in [0, 0.05) is 12.6 Å². The van der Waals surface area contributed by atoms with Crippen molar-refractivity contribution in [3.05, 3.63) is 17.7 Å². The lowest BCUT2D eigenvalue weighted by molar-refractivity contribution is -0.139. The number of carbonyl (C=O) groups is 1. The Morgan fingerprint density at radius 1 is 1.48 bits per heavy atom. The van der Waals surface area contributed by atoms with Crippen molar-refractivity contribution in [3.8, 4) is 17.2 Å². The number of ether oxygens (including phenoxy) is 3. The number of fused-ring (bicyclic) bond motifs is 1. The van der Waals surface area contributed by atoms with Gasteiger partial charge in [0.2, 0.25) is 12.5 Å². The molecule has 0 fully saturated rings. The first-order valence-electron chi connectivity index (χ1n) is 6.97. The molecule has 1 unspecified atom stereocenters. The van der Waals surface area contributed by atoms with Gasteiger partial charge >= 0.3 is 5.97 Å². The summed E-state index contributed by atoms with van der Waals surface area (Å²) >= 11 is 0. The number of carboxylic acid groups (broad SMARTS) is 1. The summed E-state index contributed by atoms with van der Waals surface area (Å²) < 4.78 is 16.1. The molecule has 1 heterocycles. The average Bonchev–Trinajstić information content (AvgIpc) is 2.92. The van der Waals surface area contributed by atoms with Crippen LogP contribution in [0.3, 0.4) is 0 Å². The van der Waals surface area contributed by atoms with Crippen LogP contribution in [0.15, 0.2) is 12.1 Å². The third-order valence-corrected chi connectivity index (χ3v) is 3.66. The summed E-state index contributed by atoms with van der Waals surface area (Å²) in [6.45, 7) is 4.77. The van der Waals surface area contributed by atoms with Gasteiger partial charge in [0.15, 0.2) is 11.5 Å². The molecule has 116 valence electrons. The Morgan fingerprint density at radius 2 is 2.24 bits per heavy atom. The molecule has 6 nitrogen and oxygen atoms in total. The molecule has 1 N–H and O–H groups in total. The molecule has 2 rings (SSSR count). The van der Waals surface area contributed by atoms with Crippen molar-refractivity contribution in [2.75, 3.05) is 20.4 Å². The van der Waals surface area contributed by atoms with Crippen molar-refractivity contribution in [1.82, 2.24) is 4.90 Å². The fraction of sp³-hybridized carbons (Fsp3) is 0.533.